The highest BCUT2D eigenvalue weighted by Crippen LogP contribution is 2.24. The van der Waals surface area contributed by atoms with E-state index >= 15 is 0 Å². The van der Waals surface area contributed by atoms with Crippen molar-refractivity contribution in [3.8, 4) is 0 Å². The zero-order valence-electron chi connectivity index (χ0n) is 10.4. The first kappa shape index (κ1) is 12.8. The Labute approximate surface area is 111 Å². The van der Waals surface area contributed by atoms with E-state index in [0.717, 1.165) is 37.3 Å². The highest BCUT2D eigenvalue weighted by atomic mass is 79.9. The summed E-state index contributed by atoms with van der Waals surface area (Å²) in [7, 11) is 0. The molecule has 1 fully saturated rings. The standard InChI is InChI=1S/C13H19BrN2O/c1-3-12-9-17-5-4-16(12)13-10(2)6-11(7-14)8-15-13/h6,8,12H,3-5,7,9H2,1-2H3. The van der Waals surface area contributed by atoms with Gasteiger partial charge in [0.05, 0.1) is 19.3 Å². The number of ether oxygens (including phenoxy) is 1. The molecule has 0 amide bonds. The molecule has 4 heteroatoms. The van der Waals surface area contributed by atoms with Crippen molar-refractivity contribution in [1.29, 1.82) is 0 Å². The van der Waals surface area contributed by atoms with Crippen molar-refractivity contribution in [3.63, 3.8) is 0 Å². The molecular formula is C13H19BrN2O. The number of rotatable bonds is 3. The van der Waals surface area contributed by atoms with Crippen LogP contribution in [0.4, 0.5) is 5.82 Å². The van der Waals surface area contributed by atoms with Gasteiger partial charge in [-0.1, -0.05) is 28.9 Å². The minimum Gasteiger partial charge on any atom is -0.377 e. The second-order valence-corrected chi connectivity index (χ2v) is 5.01. The fourth-order valence-electron chi connectivity index (χ4n) is 2.27. The van der Waals surface area contributed by atoms with Gasteiger partial charge >= 0.3 is 0 Å². The fraction of sp³-hybridized carbons (Fsp3) is 0.615. The van der Waals surface area contributed by atoms with Crippen molar-refractivity contribution in [2.45, 2.75) is 31.6 Å². The second kappa shape index (κ2) is 5.83. The summed E-state index contributed by atoms with van der Waals surface area (Å²) in [6.07, 6.45) is 3.06. The van der Waals surface area contributed by atoms with E-state index in [1.807, 2.05) is 6.20 Å². The summed E-state index contributed by atoms with van der Waals surface area (Å²) in [5.41, 5.74) is 2.48. The number of anilines is 1. The minimum atomic E-state index is 0.463. The minimum absolute atomic E-state index is 0.463. The number of alkyl halides is 1. The molecule has 1 aliphatic heterocycles. The van der Waals surface area contributed by atoms with Gasteiger partial charge < -0.3 is 9.64 Å². The SMILES string of the molecule is CCC1COCCN1c1ncc(CBr)cc1C. The summed E-state index contributed by atoms with van der Waals surface area (Å²) >= 11 is 3.46. The summed E-state index contributed by atoms with van der Waals surface area (Å²) < 4.78 is 5.53. The lowest BCUT2D eigenvalue weighted by Crippen LogP contribution is -2.45. The highest BCUT2D eigenvalue weighted by Gasteiger charge is 2.23. The van der Waals surface area contributed by atoms with E-state index in [4.69, 9.17) is 4.74 Å². The third-order valence-electron chi connectivity index (χ3n) is 3.23. The van der Waals surface area contributed by atoms with Crippen molar-refractivity contribution in [1.82, 2.24) is 4.98 Å². The number of pyridine rings is 1. The van der Waals surface area contributed by atoms with Crippen molar-refractivity contribution >= 4 is 21.7 Å². The van der Waals surface area contributed by atoms with Gasteiger partial charge in [0.2, 0.25) is 0 Å². The molecule has 1 unspecified atom stereocenters. The van der Waals surface area contributed by atoms with Crippen LogP contribution in [-0.2, 0) is 10.1 Å². The first-order chi connectivity index (χ1) is 8.26. The first-order valence-electron chi connectivity index (χ1n) is 6.12. The predicted molar refractivity (Wildman–Crippen MR) is 73.8 cm³/mol. The van der Waals surface area contributed by atoms with Gasteiger partial charge in [-0.05, 0) is 24.5 Å². The summed E-state index contributed by atoms with van der Waals surface area (Å²) in [5.74, 6) is 1.12. The molecule has 17 heavy (non-hydrogen) atoms. The Bertz CT molecular complexity index is 384. The molecule has 2 rings (SSSR count). The highest BCUT2D eigenvalue weighted by molar-refractivity contribution is 9.08. The molecule has 0 saturated carbocycles. The molecule has 0 N–H and O–H groups in total. The van der Waals surface area contributed by atoms with Gasteiger partial charge in [0.1, 0.15) is 5.82 Å². The monoisotopic (exact) mass is 298 g/mol. The Kier molecular flexibility index (Phi) is 4.40. The maximum atomic E-state index is 5.53. The molecule has 3 nitrogen and oxygen atoms in total. The Balaban J connectivity index is 2.25. The topological polar surface area (TPSA) is 25.4 Å². The van der Waals surface area contributed by atoms with Gasteiger partial charge in [0, 0.05) is 18.1 Å². The summed E-state index contributed by atoms with van der Waals surface area (Å²) in [6.45, 7) is 6.90. The first-order valence-corrected chi connectivity index (χ1v) is 7.24. The van der Waals surface area contributed by atoms with E-state index in [-0.39, 0.29) is 0 Å². The van der Waals surface area contributed by atoms with Crippen molar-refractivity contribution < 1.29 is 4.74 Å². The van der Waals surface area contributed by atoms with Gasteiger partial charge in [0.25, 0.3) is 0 Å². The van der Waals surface area contributed by atoms with E-state index in [9.17, 15) is 0 Å². The fourth-order valence-corrected chi connectivity index (χ4v) is 2.58. The van der Waals surface area contributed by atoms with E-state index in [1.165, 1.54) is 11.1 Å². The maximum Gasteiger partial charge on any atom is 0.131 e. The number of aromatic nitrogens is 1. The van der Waals surface area contributed by atoms with Crippen LogP contribution >= 0.6 is 15.9 Å². The molecule has 0 aromatic carbocycles. The molecule has 1 aromatic heterocycles. The van der Waals surface area contributed by atoms with Crippen LogP contribution in [0.1, 0.15) is 24.5 Å². The second-order valence-electron chi connectivity index (χ2n) is 4.45. The van der Waals surface area contributed by atoms with E-state index < -0.39 is 0 Å². The Hall–Kier alpha value is -0.610. The van der Waals surface area contributed by atoms with Gasteiger partial charge in [-0.25, -0.2) is 4.98 Å². The lowest BCUT2D eigenvalue weighted by Gasteiger charge is -2.36. The molecule has 0 bridgehead atoms. The number of hydrogen-bond acceptors (Lipinski definition) is 3. The Morgan fingerprint density at radius 3 is 3.06 bits per heavy atom. The van der Waals surface area contributed by atoms with Crippen LogP contribution in [0.3, 0.4) is 0 Å². The number of aryl methyl sites for hydroxylation is 1. The summed E-state index contributed by atoms with van der Waals surface area (Å²) in [4.78, 5) is 7.00. The lowest BCUT2D eigenvalue weighted by atomic mass is 10.1. The van der Waals surface area contributed by atoms with Crippen molar-refractivity contribution in [2.75, 3.05) is 24.7 Å². The van der Waals surface area contributed by atoms with Gasteiger partial charge in [-0.3, -0.25) is 0 Å². The molecule has 1 aliphatic rings. The van der Waals surface area contributed by atoms with Crippen molar-refractivity contribution in [2.24, 2.45) is 0 Å². The van der Waals surface area contributed by atoms with E-state index in [1.54, 1.807) is 0 Å². The largest absolute Gasteiger partial charge is 0.377 e. The molecule has 0 spiro atoms. The average Bonchev–Trinajstić information content (AvgIpc) is 2.38. The molecule has 0 radical (unpaired) electrons. The lowest BCUT2D eigenvalue weighted by molar-refractivity contribution is 0.0925. The molecule has 94 valence electrons. The summed E-state index contributed by atoms with van der Waals surface area (Å²) in [6, 6.07) is 2.67. The van der Waals surface area contributed by atoms with Crippen molar-refractivity contribution in [3.05, 3.63) is 23.4 Å². The number of hydrogen-bond donors (Lipinski definition) is 0. The Morgan fingerprint density at radius 2 is 2.41 bits per heavy atom. The van der Waals surface area contributed by atoms with Crippen LogP contribution in [0.25, 0.3) is 0 Å². The van der Waals surface area contributed by atoms with Gasteiger partial charge in [-0.2, -0.15) is 0 Å². The van der Waals surface area contributed by atoms with Crippen LogP contribution in [0.5, 0.6) is 0 Å². The zero-order valence-corrected chi connectivity index (χ0v) is 12.0. The van der Waals surface area contributed by atoms with Crippen LogP contribution in [0.2, 0.25) is 0 Å². The molecular weight excluding hydrogens is 280 g/mol. The van der Waals surface area contributed by atoms with Gasteiger partial charge in [0.15, 0.2) is 0 Å². The third-order valence-corrected chi connectivity index (χ3v) is 3.88. The number of nitrogens with zero attached hydrogens (tertiary/aromatic N) is 2. The quantitative estimate of drug-likeness (QED) is 0.803. The van der Waals surface area contributed by atoms with E-state index in [2.05, 4.69) is 45.7 Å². The zero-order chi connectivity index (χ0) is 12.3. The maximum absolute atomic E-state index is 5.53. The smallest absolute Gasteiger partial charge is 0.131 e. The normalized spacial score (nSPS) is 20.6. The van der Waals surface area contributed by atoms with Crippen LogP contribution in [0, 0.1) is 6.92 Å². The predicted octanol–water partition coefficient (Wildman–Crippen LogP) is 2.90. The molecule has 0 aliphatic carbocycles. The van der Waals surface area contributed by atoms with Crippen LogP contribution in [-0.4, -0.2) is 30.8 Å². The Morgan fingerprint density at radius 1 is 1.59 bits per heavy atom. The molecule has 1 aromatic rings. The van der Waals surface area contributed by atoms with E-state index in [0.29, 0.717) is 6.04 Å². The third kappa shape index (κ3) is 2.80. The van der Waals surface area contributed by atoms with Gasteiger partial charge in [-0.15, -0.1) is 0 Å². The number of halogens is 1. The van der Waals surface area contributed by atoms with Crippen LogP contribution < -0.4 is 4.90 Å². The molecule has 1 atom stereocenters. The number of morpholine rings is 1. The average molecular weight is 299 g/mol. The molecule has 1 saturated heterocycles. The van der Waals surface area contributed by atoms with Crippen LogP contribution in [0.15, 0.2) is 12.3 Å². The molecule has 2 heterocycles. The summed E-state index contributed by atoms with van der Waals surface area (Å²) in [5, 5.41) is 0.863.